The van der Waals surface area contributed by atoms with Gasteiger partial charge in [-0.3, -0.25) is 9.59 Å². The number of carbonyl (C=O) groups excluding carboxylic acids is 2. The van der Waals surface area contributed by atoms with Gasteiger partial charge < -0.3 is 10.1 Å². The summed E-state index contributed by atoms with van der Waals surface area (Å²) in [5.41, 5.74) is 2.30. The minimum Gasteiger partial charge on any atom is -0.496 e. The summed E-state index contributed by atoms with van der Waals surface area (Å²) in [6.07, 6.45) is 1.50. The van der Waals surface area contributed by atoms with Gasteiger partial charge in [-0.25, -0.2) is 0 Å². The fourth-order valence-corrected chi connectivity index (χ4v) is 3.98. The Morgan fingerprint density at radius 2 is 2.00 bits per heavy atom. The molecule has 0 saturated carbocycles. The van der Waals surface area contributed by atoms with Gasteiger partial charge in [0.15, 0.2) is 5.78 Å². The molecule has 1 heterocycles. The lowest BCUT2D eigenvalue weighted by atomic mass is 9.70. The molecule has 0 bridgehead atoms. The number of ether oxygens (including phenoxy) is 1. The number of hydrogen-bond donors (Lipinski definition) is 1. The van der Waals surface area contributed by atoms with Crippen molar-refractivity contribution in [3.63, 3.8) is 0 Å². The van der Waals surface area contributed by atoms with Crippen LogP contribution in [0.25, 0.3) is 0 Å². The molecule has 3 rings (SSSR count). The lowest BCUT2D eigenvalue weighted by molar-refractivity contribution is -0.122. The van der Waals surface area contributed by atoms with E-state index in [9.17, 15) is 9.59 Å². The number of ketones is 1. The number of benzene rings is 1. The van der Waals surface area contributed by atoms with E-state index in [-0.39, 0.29) is 29.4 Å². The number of amides is 1. The molecule has 4 nitrogen and oxygen atoms in total. The van der Waals surface area contributed by atoms with Crippen LogP contribution >= 0.6 is 15.9 Å². The summed E-state index contributed by atoms with van der Waals surface area (Å²) >= 11 is 3.47. The molecule has 5 heteroatoms. The van der Waals surface area contributed by atoms with Crippen molar-refractivity contribution < 1.29 is 14.3 Å². The largest absolute Gasteiger partial charge is 0.496 e. The Hall–Kier alpha value is -1.62. The molecule has 0 fully saturated rings. The number of allylic oxidation sites excluding steroid dienone is 2. The van der Waals surface area contributed by atoms with Crippen LogP contribution in [0.2, 0.25) is 0 Å². The molecule has 1 aliphatic carbocycles. The second-order valence-corrected chi connectivity index (χ2v) is 7.94. The highest BCUT2D eigenvalue weighted by Crippen LogP contribution is 2.46. The highest BCUT2D eigenvalue weighted by atomic mass is 79.9. The average Bonchev–Trinajstić information content (AvgIpc) is 2.44. The summed E-state index contributed by atoms with van der Waals surface area (Å²) in [5, 5.41) is 2.92. The predicted molar refractivity (Wildman–Crippen MR) is 91.2 cm³/mol. The first-order valence-electron chi connectivity index (χ1n) is 7.70. The van der Waals surface area contributed by atoms with Crippen LogP contribution in [-0.2, 0) is 9.59 Å². The van der Waals surface area contributed by atoms with Gasteiger partial charge >= 0.3 is 0 Å². The zero-order valence-corrected chi connectivity index (χ0v) is 15.1. The standard InChI is InChI=1S/C18H20BrNO3/c1-18(2)8-13-17(14(21)9-18)12(7-16(22)20-13)11-6-10(19)4-5-15(11)23-3/h4-6,12H,7-9H2,1-3H3,(H,20,22). The van der Waals surface area contributed by atoms with Gasteiger partial charge in [-0.1, -0.05) is 29.8 Å². The van der Waals surface area contributed by atoms with E-state index < -0.39 is 0 Å². The molecule has 1 aromatic carbocycles. The van der Waals surface area contributed by atoms with E-state index in [4.69, 9.17) is 4.74 Å². The van der Waals surface area contributed by atoms with Crippen LogP contribution in [0.4, 0.5) is 0 Å². The SMILES string of the molecule is COc1ccc(Br)cc1C1CC(=O)NC2=C1C(=O)CC(C)(C)C2. The Kier molecular flexibility index (Phi) is 4.08. The first-order valence-corrected chi connectivity index (χ1v) is 8.49. The molecule has 23 heavy (non-hydrogen) atoms. The van der Waals surface area contributed by atoms with E-state index in [2.05, 4.69) is 35.1 Å². The highest BCUT2D eigenvalue weighted by Gasteiger charge is 2.41. The predicted octanol–water partition coefficient (Wildman–Crippen LogP) is 3.70. The van der Waals surface area contributed by atoms with E-state index in [0.717, 1.165) is 21.3 Å². The number of hydrogen-bond acceptors (Lipinski definition) is 3. The monoisotopic (exact) mass is 377 g/mol. The molecule has 0 spiro atoms. The van der Waals surface area contributed by atoms with Crippen molar-refractivity contribution in [1.29, 1.82) is 0 Å². The summed E-state index contributed by atoms with van der Waals surface area (Å²) in [7, 11) is 1.61. The number of halogens is 1. The molecule has 1 aliphatic heterocycles. The van der Waals surface area contributed by atoms with E-state index in [1.165, 1.54) is 0 Å². The summed E-state index contributed by atoms with van der Waals surface area (Å²) in [6.45, 7) is 4.12. The minimum atomic E-state index is -0.241. The zero-order chi connectivity index (χ0) is 16.8. The molecular formula is C18H20BrNO3. The van der Waals surface area contributed by atoms with Crippen molar-refractivity contribution in [2.24, 2.45) is 5.41 Å². The molecule has 1 N–H and O–H groups in total. The average molecular weight is 378 g/mol. The molecule has 122 valence electrons. The van der Waals surface area contributed by atoms with Crippen molar-refractivity contribution in [2.75, 3.05) is 7.11 Å². The quantitative estimate of drug-likeness (QED) is 0.854. The van der Waals surface area contributed by atoms with Crippen molar-refractivity contribution in [3.05, 3.63) is 39.5 Å². The molecule has 0 aromatic heterocycles. The van der Waals surface area contributed by atoms with Crippen LogP contribution in [0.15, 0.2) is 33.9 Å². The number of Topliss-reactive ketones (excluding diaryl/α,β-unsaturated/α-hetero) is 1. The van der Waals surface area contributed by atoms with Crippen LogP contribution in [0, 0.1) is 5.41 Å². The van der Waals surface area contributed by atoms with Gasteiger partial charge in [-0.2, -0.15) is 0 Å². The van der Waals surface area contributed by atoms with Crippen LogP contribution in [0.5, 0.6) is 5.75 Å². The van der Waals surface area contributed by atoms with Crippen LogP contribution in [0.3, 0.4) is 0 Å². The van der Waals surface area contributed by atoms with Gasteiger partial charge in [-0.05, 0) is 30.0 Å². The fourth-order valence-electron chi connectivity index (χ4n) is 3.60. The van der Waals surface area contributed by atoms with Gasteiger partial charge in [0.1, 0.15) is 5.75 Å². The highest BCUT2D eigenvalue weighted by molar-refractivity contribution is 9.10. The number of carbonyl (C=O) groups is 2. The lowest BCUT2D eigenvalue weighted by Crippen LogP contribution is -2.40. The van der Waals surface area contributed by atoms with Gasteiger partial charge in [-0.15, -0.1) is 0 Å². The lowest BCUT2D eigenvalue weighted by Gasteiger charge is -2.38. The smallest absolute Gasteiger partial charge is 0.225 e. The topological polar surface area (TPSA) is 55.4 Å². The van der Waals surface area contributed by atoms with E-state index >= 15 is 0 Å². The molecule has 1 atom stereocenters. The van der Waals surface area contributed by atoms with Gasteiger partial charge in [0.2, 0.25) is 5.91 Å². The summed E-state index contributed by atoms with van der Waals surface area (Å²) in [4.78, 5) is 25.0. The van der Waals surface area contributed by atoms with Crippen molar-refractivity contribution in [1.82, 2.24) is 5.32 Å². The molecule has 1 aromatic rings. The Balaban J connectivity index is 2.14. The summed E-state index contributed by atoms with van der Waals surface area (Å²) < 4.78 is 6.37. The van der Waals surface area contributed by atoms with Crippen LogP contribution in [0.1, 0.15) is 44.6 Å². The maximum absolute atomic E-state index is 12.8. The number of rotatable bonds is 2. The minimum absolute atomic E-state index is 0.0405. The second kappa shape index (κ2) is 5.78. The maximum Gasteiger partial charge on any atom is 0.225 e. The summed E-state index contributed by atoms with van der Waals surface area (Å²) in [6, 6.07) is 5.70. The third-order valence-electron chi connectivity index (χ3n) is 4.52. The second-order valence-electron chi connectivity index (χ2n) is 7.02. The number of nitrogens with one attached hydrogen (secondary N) is 1. The van der Waals surface area contributed by atoms with E-state index in [1.807, 2.05) is 18.2 Å². The molecule has 1 unspecified atom stereocenters. The van der Waals surface area contributed by atoms with E-state index in [1.54, 1.807) is 7.11 Å². The van der Waals surface area contributed by atoms with Crippen molar-refractivity contribution in [2.45, 2.75) is 39.0 Å². The first-order chi connectivity index (χ1) is 10.8. The van der Waals surface area contributed by atoms with Gasteiger partial charge in [0.25, 0.3) is 0 Å². The first kappa shape index (κ1) is 16.2. The van der Waals surface area contributed by atoms with E-state index in [0.29, 0.717) is 18.6 Å². The van der Waals surface area contributed by atoms with Gasteiger partial charge in [0.05, 0.1) is 7.11 Å². The molecule has 0 saturated heterocycles. The number of methoxy groups -OCH3 is 1. The fraction of sp³-hybridized carbons (Fsp3) is 0.444. The third kappa shape index (κ3) is 3.07. The Bertz CT molecular complexity index is 721. The van der Waals surface area contributed by atoms with Crippen molar-refractivity contribution in [3.8, 4) is 5.75 Å². The van der Waals surface area contributed by atoms with Crippen LogP contribution < -0.4 is 10.1 Å². The molecule has 2 aliphatic rings. The molecule has 0 radical (unpaired) electrons. The summed E-state index contributed by atoms with van der Waals surface area (Å²) in [5.74, 6) is 0.553. The Morgan fingerprint density at radius 3 is 2.70 bits per heavy atom. The van der Waals surface area contributed by atoms with Crippen molar-refractivity contribution >= 4 is 27.6 Å². The molecular weight excluding hydrogens is 358 g/mol. The maximum atomic E-state index is 12.8. The molecule has 1 amide bonds. The van der Waals surface area contributed by atoms with Crippen LogP contribution in [-0.4, -0.2) is 18.8 Å². The normalized spacial score (nSPS) is 23.4. The van der Waals surface area contributed by atoms with Gasteiger partial charge in [0, 0.05) is 40.1 Å². The zero-order valence-electron chi connectivity index (χ0n) is 13.5. The Labute approximate surface area is 144 Å². The third-order valence-corrected chi connectivity index (χ3v) is 5.01. The Morgan fingerprint density at radius 1 is 1.26 bits per heavy atom.